The van der Waals surface area contributed by atoms with Crippen molar-refractivity contribution in [2.75, 3.05) is 0 Å². The Kier molecular flexibility index (Phi) is 1.83. The molecule has 67 valence electrons. The highest BCUT2D eigenvalue weighted by Gasteiger charge is 2.08. The SMILES string of the molecule is NS(=O)(=O)c1ccc2s[c]nc2c1. The van der Waals surface area contributed by atoms with Crippen LogP contribution in [0.4, 0.5) is 0 Å². The molecule has 0 bridgehead atoms. The summed E-state index contributed by atoms with van der Waals surface area (Å²) in [5.41, 5.74) is 3.28. The van der Waals surface area contributed by atoms with E-state index < -0.39 is 10.0 Å². The second-order valence-corrected chi connectivity index (χ2v) is 4.87. The fourth-order valence-corrected chi connectivity index (χ4v) is 2.09. The van der Waals surface area contributed by atoms with Gasteiger partial charge in [0, 0.05) is 0 Å². The predicted molar refractivity (Wildman–Crippen MR) is 49.8 cm³/mol. The Labute approximate surface area is 79.1 Å². The number of primary sulfonamides is 1. The van der Waals surface area contributed by atoms with Crippen molar-refractivity contribution in [1.29, 1.82) is 0 Å². The molecular formula is C7H5N2O2S2. The van der Waals surface area contributed by atoms with Crippen LogP contribution in [0.1, 0.15) is 0 Å². The van der Waals surface area contributed by atoms with Crippen molar-refractivity contribution in [2.24, 2.45) is 5.14 Å². The third kappa shape index (κ3) is 1.55. The van der Waals surface area contributed by atoms with E-state index in [2.05, 4.69) is 10.5 Å². The van der Waals surface area contributed by atoms with Gasteiger partial charge in [-0.15, -0.1) is 11.3 Å². The minimum Gasteiger partial charge on any atom is -0.233 e. The zero-order chi connectivity index (χ0) is 9.47. The first-order valence-electron chi connectivity index (χ1n) is 3.37. The first-order valence-corrected chi connectivity index (χ1v) is 5.73. The molecule has 2 aromatic rings. The summed E-state index contributed by atoms with van der Waals surface area (Å²) in [6.07, 6.45) is 0. The molecule has 0 aliphatic heterocycles. The van der Waals surface area contributed by atoms with E-state index in [0.29, 0.717) is 5.52 Å². The average molecular weight is 213 g/mol. The van der Waals surface area contributed by atoms with Gasteiger partial charge in [-0.3, -0.25) is 0 Å². The molecule has 0 saturated heterocycles. The molecule has 2 N–H and O–H groups in total. The highest BCUT2D eigenvalue weighted by Crippen LogP contribution is 2.19. The number of nitrogens with zero attached hydrogens (tertiary/aromatic N) is 1. The van der Waals surface area contributed by atoms with Gasteiger partial charge in [-0.05, 0) is 18.2 Å². The molecule has 1 radical (unpaired) electrons. The van der Waals surface area contributed by atoms with Crippen molar-refractivity contribution >= 4 is 31.6 Å². The van der Waals surface area contributed by atoms with Crippen LogP contribution in [0.5, 0.6) is 0 Å². The lowest BCUT2D eigenvalue weighted by atomic mass is 10.3. The van der Waals surface area contributed by atoms with E-state index in [-0.39, 0.29) is 4.90 Å². The molecule has 1 heterocycles. The normalized spacial score (nSPS) is 12.1. The van der Waals surface area contributed by atoms with Crippen LogP contribution in [-0.2, 0) is 10.0 Å². The number of benzene rings is 1. The van der Waals surface area contributed by atoms with Crippen molar-refractivity contribution in [3.63, 3.8) is 0 Å². The van der Waals surface area contributed by atoms with Crippen molar-refractivity contribution in [3.8, 4) is 0 Å². The Bertz CT molecular complexity index is 544. The van der Waals surface area contributed by atoms with E-state index in [1.165, 1.54) is 23.5 Å². The number of nitrogens with two attached hydrogens (primary N) is 1. The summed E-state index contributed by atoms with van der Waals surface area (Å²) in [5, 5.41) is 4.95. The minimum atomic E-state index is -3.62. The molecule has 13 heavy (non-hydrogen) atoms. The quantitative estimate of drug-likeness (QED) is 0.759. The van der Waals surface area contributed by atoms with Crippen LogP contribution < -0.4 is 5.14 Å². The number of thiazole rings is 1. The number of hydrogen-bond acceptors (Lipinski definition) is 4. The number of sulfonamides is 1. The van der Waals surface area contributed by atoms with Crippen LogP contribution in [0, 0.1) is 5.51 Å². The number of aromatic nitrogens is 1. The van der Waals surface area contributed by atoms with Gasteiger partial charge in [0.1, 0.15) is 0 Å². The van der Waals surface area contributed by atoms with E-state index >= 15 is 0 Å². The smallest absolute Gasteiger partial charge is 0.233 e. The van der Waals surface area contributed by atoms with Gasteiger partial charge in [-0.2, -0.15) is 0 Å². The highest BCUT2D eigenvalue weighted by molar-refractivity contribution is 7.89. The zero-order valence-electron chi connectivity index (χ0n) is 6.39. The molecule has 0 unspecified atom stereocenters. The highest BCUT2D eigenvalue weighted by atomic mass is 32.2. The third-order valence-corrected chi connectivity index (χ3v) is 3.24. The molecule has 1 aromatic carbocycles. The van der Waals surface area contributed by atoms with Gasteiger partial charge in [0.25, 0.3) is 0 Å². The largest absolute Gasteiger partial charge is 0.238 e. The summed E-state index contributed by atoms with van der Waals surface area (Å²) >= 11 is 1.33. The molecule has 0 saturated carbocycles. The molecule has 0 spiro atoms. The van der Waals surface area contributed by atoms with Gasteiger partial charge >= 0.3 is 0 Å². The number of hydrogen-bond donors (Lipinski definition) is 1. The Balaban J connectivity index is 2.75. The fraction of sp³-hybridized carbons (Fsp3) is 0. The van der Waals surface area contributed by atoms with Crippen LogP contribution in [0.25, 0.3) is 10.2 Å². The Morgan fingerprint density at radius 2 is 2.23 bits per heavy atom. The predicted octanol–water partition coefficient (Wildman–Crippen LogP) is 0.744. The summed E-state index contributed by atoms with van der Waals surface area (Å²) in [6, 6.07) is 4.57. The van der Waals surface area contributed by atoms with Gasteiger partial charge in [0.15, 0.2) is 5.51 Å². The minimum absolute atomic E-state index is 0.0827. The van der Waals surface area contributed by atoms with Crippen LogP contribution in [0.3, 0.4) is 0 Å². The maximum absolute atomic E-state index is 10.9. The molecule has 0 aliphatic rings. The first kappa shape index (κ1) is 8.61. The maximum atomic E-state index is 10.9. The Morgan fingerprint density at radius 1 is 1.46 bits per heavy atom. The molecule has 0 fully saturated rings. The second-order valence-electron chi connectivity index (χ2n) is 2.48. The molecule has 0 aliphatic carbocycles. The topological polar surface area (TPSA) is 73.1 Å². The summed E-state index contributed by atoms with van der Waals surface area (Å²) in [7, 11) is -3.62. The number of rotatable bonds is 1. The lowest BCUT2D eigenvalue weighted by molar-refractivity contribution is 0.598. The van der Waals surface area contributed by atoms with Crippen molar-refractivity contribution in [3.05, 3.63) is 23.7 Å². The summed E-state index contributed by atoms with van der Waals surface area (Å²) in [4.78, 5) is 3.95. The fourth-order valence-electron chi connectivity index (χ4n) is 0.969. The van der Waals surface area contributed by atoms with Gasteiger partial charge in [0.2, 0.25) is 10.0 Å². The molecule has 2 rings (SSSR count). The molecule has 0 amide bonds. The number of fused-ring (bicyclic) bond motifs is 1. The maximum Gasteiger partial charge on any atom is 0.238 e. The van der Waals surface area contributed by atoms with Gasteiger partial charge in [0.05, 0.1) is 15.1 Å². The second kappa shape index (κ2) is 2.76. The van der Waals surface area contributed by atoms with Crippen molar-refractivity contribution in [1.82, 2.24) is 4.98 Å². The molecule has 4 nitrogen and oxygen atoms in total. The standard InChI is InChI=1S/C7H5N2O2S2/c8-13(10,11)5-1-2-7-6(3-5)9-4-12-7/h1-3H,(H2,8,10,11). The van der Waals surface area contributed by atoms with E-state index in [1.807, 2.05) is 0 Å². The molecule has 1 aromatic heterocycles. The molecular weight excluding hydrogens is 208 g/mol. The summed E-state index contributed by atoms with van der Waals surface area (Å²) in [6.45, 7) is 0. The van der Waals surface area contributed by atoms with Gasteiger partial charge in [-0.1, -0.05) is 0 Å². The van der Waals surface area contributed by atoms with E-state index in [0.717, 1.165) is 4.70 Å². The zero-order valence-corrected chi connectivity index (χ0v) is 8.02. The first-order chi connectivity index (χ1) is 6.07. The van der Waals surface area contributed by atoms with E-state index in [9.17, 15) is 8.42 Å². The van der Waals surface area contributed by atoms with Crippen molar-refractivity contribution in [2.45, 2.75) is 4.90 Å². The van der Waals surface area contributed by atoms with E-state index in [1.54, 1.807) is 6.07 Å². The Hall–Kier alpha value is -0.980. The summed E-state index contributed by atoms with van der Waals surface area (Å²) in [5.74, 6) is 0. The molecule has 0 atom stereocenters. The monoisotopic (exact) mass is 213 g/mol. The van der Waals surface area contributed by atoms with Crippen LogP contribution in [0.2, 0.25) is 0 Å². The third-order valence-electron chi connectivity index (χ3n) is 1.58. The molecule has 6 heteroatoms. The summed E-state index contributed by atoms with van der Waals surface area (Å²) < 4.78 is 22.8. The van der Waals surface area contributed by atoms with Crippen LogP contribution in [0.15, 0.2) is 23.1 Å². The van der Waals surface area contributed by atoms with Gasteiger partial charge in [-0.25, -0.2) is 18.5 Å². The average Bonchev–Trinajstić information content (AvgIpc) is 2.47. The van der Waals surface area contributed by atoms with Gasteiger partial charge < -0.3 is 0 Å². The lowest BCUT2D eigenvalue weighted by Crippen LogP contribution is -2.11. The lowest BCUT2D eigenvalue weighted by Gasteiger charge is -1.95. The van der Waals surface area contributed by atoms with E-state index in [4.69, 9.17) is 5.14 Å². The Morgan fingerprint density at radius 3 is 2.92 bits per heavy atom. The van der Waals surface area contributed by atoms with Crippen molar-refractivity contribution < 1.29 is 8.42 Å². The van der Waals surface area contributed by atoms with Crippen LogP contribution in [-0.4, -0.2) is 13.4 Å². The van der Waals surface area contributed by atoms with Crippen LogP contribution >= 0.6 is 11.3 Å².